The number of aliphatic imine (C=N–C) groups is 1. The van der Waals surface area contributed by atoms with Gasteiger partial charge in [0.25, 0.3) is 0 Å². The normalized spacial score (nSPS) is 15.6. The fourth-order valence-corrected chi connectivity index (χ4v) is 2.52. The molecule has 0 bridgehead atoms. The minimum absolute atomic E-state index is 0.0931. The van der Waals surface area contributed by atoms with Gasteiger partial charge in [-0.2, -0.15) is 15.5 Å². The number of nitrogens with zero attached hydrogens (tertiary/aromatic N) is 4. The van der Waals surface area contributed by atoms with Gasteiger partial charge in [-0.1, -0.05) is 0 Å². The van der Waals surface area contributed by atoms with Crippen LogP contribution in [0.15, 0.2) is 29.3 Å². The van der Waals surface area contributed by atoms with Gasteiger partial charge in [0.15, 0.2) is 0 Å². The van der Waals surface area contributed by atoms with Gasteiger partial charge >= 0.3 is 0 Å². The SMILES string of the molecule is CC(=NC#N)N(CCO)C1=CC(C)(C)Oc2ccc(C#N)cc21. The zero-order valence-corrected chi connectivity index (χ0v) is 13.4. The van der Waals surface area contributed by atoms with Crippen LogP contribution in [0.3, 0.4) is 0 Å². The van der Waals surface area contributed by atoms with Gasteiger partial charge in [0.05, 0.1) is 23.9 Å². The lowest BCUT2D eigenvalue weighted by molar-refractivity contribution is 0.155. The van der Waals surface area contributed by atoms with Crippen LogP contribution in [0.1, 0.15) is 31.9 Å². The van der Waals surface area contributed by atoms with Gasteiger partial charge in [0, 0.05) is 12.1 Å². The first-order chi connectivity index (χ1) is 10.9. The molecule has 6 heteroatoms. The highest BCUT2D eigenvalue weighted by atomic mass is 16.5. The molecular weight excluding hydrogens is 292 g/mol. The minimum atomic E-state index is -0.558. The van der Waals surface area contributed by atoms with E-state index >= 15 is 0 Å². The van der Waals surface area contributed by atoms with Crippen molar-refractivity contribution in [2.45, 2.75) is 26.4 Å². The first-order valence-corrected chi connectivity index (χ1v) is 7.20. The highest BCUT2D eigenvalue weighted by molar-refractivity contribution is 5.91. The Morgan fingerprint density at radius 2 is 2.13 bits per heavy atom. The summed E-state index contributed by atoms with van der Waals surface area (Å²) in [4.78, 5) is 5.53. The molecule has 1 aromatic carbocycles. The van der Waals surface area contributed by atoms with Crippen LogP contribution in [0.2, 0.25) is 0 Å². The van der Waals surface area contributed by atoms with Gasteiger partial charge in [0.1, 0.15) is 17.2 Å². The van der Waals surface area contributed by atoms with E-state index in [9.17, 15) is 5.11 Å². The Bertz CT molecular complexity index is 751. The summed E-state index contributed by atoms with van der Waals surface area (Å²) in [7, 11) is 0. The first-order valence-electron chi connectivity index (χ1n) is 7.20. The third-order valence-electron chi connectivity index (χ3n) is 3.46. The molecule has 0 fully saturated rings. The van der Waals surface area contributed by atoms with E-state index in [-0.39, 0.29) is 13.2 Å². The predicted molar refractivity (Wildman–Crippen MR) is 86.4 cm³/mol. The fraction of sp³-hybridized carbons (Fsp3) is 0.353. The van der Waals surface area contributed by atoms with Crippen molar-refractivity contribution in [3.63, 3.8) is 0 Å². The van der Waals surface area contributed by atoms with Crippen molar-refractivity contribution >= 4 is 11.5 Å². The monoisotopic (exact) mass is 310 g/mol. The topological polar surface area (TPSA) is 92.6 Å². The lowest BCUT2D eigenvalue weighted by atomic mass is 9.96. The second kappa shape index (κ2) is 6.51. The Balaban J connectivity index is 2.62. The number of hydrogen-bond donors (Lipinski definition) is 1. The number of fused-ring (bicyclic) bond motifs is 1. The zero-order chi connectivity index (χ0) is 17.0. The van der Waals surface area contributed by atoms with Crippen molar-refractivity contribution in [2.75, 3.05) is 13.2 Å². The Hall–Kier alpha value is -2.83. The van der Waals surface area contributed by atoms with Crippen LogP contribution in [0.25, 0.3) is 5.70 Å². The van der Waals surface area contributed by atoms with Gasteiger partial charge in [-0.25, -0.2) is 0 Å². The molecule has 0 spiro atoms. The maximum Gasteiger partial charge on any atom is 0.207 e. The number of rotatable bonds is 3. The summed E-state index contributed by atoms with van der Waals surface area (Å²) < 4.78 is 5.94. The van der Waals surface area contributed by atoms with E-state index in [0.717, 1.165) is 11.3 Å². The minimum Gasteiger partial charge on any atom is -0.483 e. The summed E-state index contributed by atoms with van der Waals surface area (Å²) in [6.07, 6.45) is 3.67. The molecule has 1 N–H and O–H groups in total. The molecule has 0 aromatic heterocycles. The Morgan fingerprint density at radius 3 is 2.74 bits per heavy atom. The van der Waals surface area contributed by atoms with Crippen LogP contribution < -0.4 is 4.74 Å². The lowest BCUT2D eigenvalue weighted by Crippen LogP contribution is -2.36. The standard InChI is InChI=1S/C17H18N4O2/c1-12(20-11-19)21(6-7-22)15-9-17(2,3)23-16-5-4-13(10-18)8-14(15)16/h4-5,8-9,22H,6-7H2,1-3H3. The van der Waals surface area contributed by atoms with Crippen LogP contribution in [0.4, 0.5) is 0 Å². The summed E-state index contributed by atoms with van der Waals surface area (Å²) in [5.41, 5.74) is 1.46. The summed E-state index contributed by atoms with van der Waals surface area (Å²) >= 11 is 0. The molecule has 0 amide bonds. The average molecular weight is 310 g/mol. The molecule has 1 aliphatic rings. The highest BCUT2D eigenvalue weighted by Gasteiger charge is 2.30. The predicted octanol–water partition coefficient (Wildman–Crippen LogP) is 2.26. The smallest absolute Gasteiger partial charge is 0.207 e. The largest absolute Gasteiger partial charge is 0.483 e. The second-order valence-electron chi connectivity index (χ2n) is 5.69. The molecule has 23 heavy (non-hydrogen) atoms. The molecule has 2 rings (SSSR count). The molecule has 1 heterocycles. The Morgan fingerprint density at radius 1 is 1.39 bits per heavy atom. The van der Waals surface area contributed by atoms with E-state index in [0.29, 0.717) is 17.1 Å². The van der Waals surface area contributed by atoms with Crippen molar-refractivity contribution in [2.24, 2.45) is 4.99 Å². The van der Waals surface area contributed by atoms with Crippen LogP contribution in [-0.4, -0.2) is 34.6 Å². The maximum atomic E-state index is 9.37. The molecule has 1 aromatic rings. The quantitative estimate of drug-likeness (QED) is 0.525. The number of ether oxygens (including phenoxy) is 1. The molecule has 0 saturated carbocycles. The summed E-state index contributed by atoms with van der Waals surface area (Å²) in [5.74, 6) is 1.12. The van der Waals surface area contributed by atoms with E-state index in [4.69, 9.17) is 15.3 Å². The Kier molecular flexibility index (Phi) is 4.68. The van der Waals surface area contributed by atoms with E-state index < -0.39 is 5.60 Å². The number of aliphatic hydroxyl groups is 1. The Labute approximate surface area is 135 Å². The fourth-order valence-electron chi connectivity index (χ4n) is 2.52. The van der Waals surface area contributed by atoms with Gasteiger partial charge in [0.2, 0.25) is 6.19 Å². The second-order valence-corrected chi connectivity index (χ2v) is 5.69. The summed E-state index contributed by atoms with van der Waals surface area (Å²) in [6, 6.07) is 7.31. The summed E-state index contributed by atoms with van der Waals surface area (Å²) in [6.45, 7) is 5.74. The van der Waals surface area contributed by atoms with E-state index in [1.165, 1.54) is 0 Å². The van der Waals surface area contributed by atoms with Crippen LogP contribution in [-0.2, 0) is 0 Å². The molecule has 6 nitrogen and oxygen atoms in total. The van der Waals surface area contributed by atoms with Crippen molar-refractivity contribution in [3.05, 3.63) is 35.4 Å². The number of amidine groups is 1. The van der Waals surface area contributed by atoms with Gasteiger partial charge in [-0.3, -0.25) is 0 Å². The van der Waals surface area contributed by atoms with Crippen molar-refractivity contribution in [1.29, 1.82) is 10.5 Å². The molecular formula is C17H18N4O2. The number of hydrogen-bond acceptors (Lipinski definition) is 5. The van der Waals surface area contributed by atoms with Gasteiger partial charge in [-0.05, 0) is 45.0 Å². The van der Waals surface area contributed by atoms with Crippen LogP contribution >= 0.6 is 0 Å². The van der Waals surface area contributed by atoms with E-state index in [2.05, 4.69) is 11.1 Å². The molecule has 0 unspecified atom stereocenters. The van der Waals surface area contributed by atoms with Crippen LogP contribution in [0, 0.1) is 22.8 Å². The third kappa shape index (κ3) is 3.50. The van der Waals surface area contributed by atoms with Crippen molar-refractivity contribution < 1.29 is 9.84 Å². The van der Waals surface area contributed by atoms with Crippen LogP contribution in [0.5, 0.6) is 5.75 Å². The summed E-state index contributed by atoms with van der Waals surface area (Å²) in [5, 5.41) is 27.3. The first kappa shape index (κ1) is 16.5. The van der Waals surface area contributed by atoms with Gasteiger partial charge < -0.3 is 14.7 Å². The van der Waals surface area contributed by atoms with E-state index in [1.807, 2.05) is 19.9 Å². The molecule has 1 aliphatic heterocycles. The molecule has 118 valence electrons. The molecule has 0 atom stereocenters. The van der Waals surface area contributed by atoms with Crippen molar-refractivity contribution in [1.82, 2.24) is 4.90 Å². The zero-order valence-electron chi connectivity index (χ0n) is 13.4. The third-order valence-corrected chi connectivity index (χ3v) is 3.46. The average Bonchev–Trinajstić information content (AvgIpc) is 2.51. The number of benzene rings is 1. The van der Waals surface area contributed by atoms with Crippen molar-refractivity contribution in [3.8, 4) is 18.0 Å². The maximum absolute atomic E-state index is 9.37. The lowest BCUT2D eigenvalue weighted by Gasteiger charge is -2.36. The van der Waals surface area contributed by atoms with E-state index in [1.54, 1.807) is 36.2 Å². The number of nitriles is 2. The molecule has 0 radical (unpaired) electrons. The van der Waals surface area contributed by atoms with Gasteiger partial charge in [-0.15, -0.1) is 0 Å². The molecule has 0 saturated heterocycles. The highest BCUT2D eigenvalue weighted by Crippen LogP contribution is 2.38. The molecule has 0 aliphatic carbocycles. The number of aliphatic hydroxyl groups excluding tert-OH is 1.